The number of nitrogens with zero attached hydrogens (tertiary/aromatic N) is 6. The number of hydrogen-bond donors (Lipinski definition) is 1. The third-order valence-electron chi connectivity index (χ3n) is 10.8. The average molecular weight is 738 g/mol. The number of allylic oxidation sites excluding steroid dienone is 1. The van der Waals surface area contributed by atoms with Gasteiger partial charge < -0.3 is 19.1 Å². The van der Waals surface area contributed by atoms with Crippen molar-refractivity contribution in [2.45, 2.75) is 78.0 Å². The molecule has 1 saturated heterocycles. The second-order valence-electron chi connectivity index (χ2n) is 14.3. The maximum absolute atomic E-state index is 13.1. The number of aromatic nitrogens is 4. The number of carbonyl (C=O) groups excluding carboxylic acids is 4. The fraction of sp³-hybridized carbons (Fsp3) is 0.326. The molecule has 0 spiro atoms. The Kier molecular flexibility index (Phi) is 9.96. The van der Waals surface area contributed by atoms with Gasteiger partial charge in [0.1, 0.15) is 11.9 Å². The van der Waals surface area contributed by atoms with E-state index in [1.54, 1.807) is 24.1 Å². The minimum Gasteiger partial charge on any atom is -0.478 e. The van der Waals surface area contributed by atoms with Crippen LogP contribution in [-0.2, 0) is 40.4 Å². The van der Waals surface area contributed by atoms with Gasteiger partial charge in [-0.3, -0.25) is 29.5 Å². The van der Waals surface area contributed by atoms with E-state index in [4.69, 9.17) is 14.7 Å². The lowest BCUT2D eigenvalue weighted by Crippen LogP contribution is -2.52. The Bertz CT molecular complexity index is 2350. The molecule has 5 aromatic rings. The van der Waals surface area contributed by atoms with E-state index in [2.05, 4.69) is 46.1 Å². The number of aryl methyl sites for hydroxylation is 1. The van der Waals surface area contributed by atoms with Gasteiger partial charge in [0.05, 0.1) is 30.2 Å². The normalized spacial score (nSPS) is 16.8. The van der Waals surface area contributed by atoms with E-state index in [0.717, 1.165) is 88.2 Å². The summed E-state index contributed by atoms with van der Waals surface area (Å²) in [7, 11) is 0. The minimum atomic E-state index is -0.624. The zero-order valence-electron chi connectivity index (χ0n) is 31.1. The van der Waals surface area contributed by atoms with Crippen LogP contribution < -0.4 is 10.1 Å². The number of imide groups is 1. The molecule has 6 heterocycles. The molecule has 2 aromatic carbocycles. The van der Waals surface area contributed by atoms with Crippen molar-refractivity contribution in [2.75, 3.05) is 13.2 Å². The standard InChI is InChI=1S/C43H43N7O5/c1-3-38-46-41(37-26-48(27(2)51)19-20-49(37)38)31-13-9-12-29-22-35(44-24-33(29)31)30-15-18-40(45-23-30)55-21-7-5-4-6-10-28-11-8-14-32-34(28)25-50(43(32)54)36-16-17-39(52)47-42(36)53/h6,8-15,18,22-24,36H,3-5,7,16-17,19-21,25-26H2,1-2H3,(H,47,52,53)/b10-6+. The number of piperidine rings is 1. The summed E-state index contributed by atoms with van der Waals surface area (Å²) in [5.41, 5.74) is 7.20. The molecule has 0 radical (unpaired) electrons. The highest BCUT2D eigenvalue weighted by atomic mass is 16.5. The lowest BCUT2D eigenvalue weighted by atomic mass is 10.0. The molecule has 3 aliphatic rings. The molecular weight excluding hydrogens is 695 g/mol. The number of benzene rings is 2. The maximum atomic E-state index is 13.1. The molecule has 1 fully saturated rings. The first-order chi connectivity index (χ1) is 26.8. The van der Waals surface area contributed by atoms with E-state index in [0.29, 0.717) is 44.1 Å². The van der Waals surface area contributed by atoms with Gasteiger partial charge in [-0.25, -0.2) is 9.97 Å². The Morgan fingerprint density at radius 2 is 1.84 bits per heavy atom. The number of unbranched alkanes of at least 4 members (excludes halogenated alkanes) is 2. The van der Waals surface area contributed by atoms with Gasteiger partial charge in [0.15, 0.2) is 0 Å². The summed E-state index contributed by atoms with van der Waals surface area (Å²) in [5.74, 6) is 0.808. The molecule has 3 aliphatic heterocycles. The highest BCUT2D eigenvalue weighted by Gasteiger charge is 2.39. The lowest BCUT2D eigenvalue weighted by Gasteiger charge is -2.29. The second-order valence-corrected chi connectivity index (χ2v) is 14.3. The van der Waals surface area contributed by atoms with Crippen molar-refractivity contribution in [1.29, 1.82) is 0 Å². The molecule has 12 nitrogen and oxygen atoms in total. The Labute approximate surface area is 319 Å². The van der Waals surface area contributed by atoms with Crippen molar-refractivity contribution >= 4 is 40.5 Å². The molecule has 12 heteroatoms. The molecule has 0 aliphatic carbocycles. The van der Waals surface area contributed by atoms with Crippen molar-refractivity contribution in [1.82, 2.24) is 34.6 Å². The van der Waals surface area contributed by atoms with Gasteiger partial charge in [-0.15, -0.1) is 0 Å². The number of ether oxygens (including phenoxy) is 1. The number of fused-ring (bicyclic) bond motifs is 3. The summed E-state index contributed by atoms with van der Waals surface area (Å²) in [6.07, 6.45) is 11.9. The fourth-order valence-corrected chi connectivity index (χ4v) is 7.87. The number of carbonyl (C=O) groups is 4. The fourth-order valence-electron chi connectivity index (χ4n) is 7.87. The zero-order valence-corrected chi connectivity index (χ0v) is 31.1. The van der Waals surface area contributed by atoms with E-state index in [1.165, 1.54) is 0 Å². The van der Waals surface area contributed by atoms with Gasteiger partial charge in [0.2, 0.25) is 23.6 Å². The third kappa shape index (κ3) is 7.11. The number of hydrogen-bond acceptors (Lipinski definition) is 8. The van der Waals surface area contributed by atoms with Crippen LogP contribution in [0.4, 0.5) is 0 Å². The lowest BCUT2D eigenvalue weighted by molar-refractivity contribution is -0.137. The first-order valence-electron chi connectivity index (χ1n) is 19.0. The Morgan fingerprint density at radius 1 is 0.982 bits per heavy atom. The molecule has 0 bridgehead atoms. The molecule has 1 atom stereocenters. The number of rotatable bonds is 11. The van der Waals surface area contributed by atoms with E-state index in [-0.39, 0.29) is 24.1 Å². The predicted molar refractivity (Wildman–Crippen MR) is 208 cm³/mol. The Morgan fingerprint density at radius 3 is 2.64 bits per heavy atom. The van der Waals surface area contributed by atoms with Gasteiger partial charge in [0.25, 0.3) is 5.91 Å². The maximum Gasteiger partial charge on any atom is 0.255 e. The Balaban J connectivity index is 0.854. The summed E-state index contributed by atoms with van der Waals surface area (Å²) >= 11 is 0. The van der Waals surface area contributed by atoms with Crippen LogP contribution in [-0.4, -0.2) is 72.1 Å². The highest BCUT2D eigenvalue weighted by molar-refractivity contribution is 6.06. The highest BCUT2D eigenvalue weighted by Crippen LogP contribution is 2.35. The summed E-state index contributed by atoms with van der Waals surface area (Å²) in [4.78, 5) is 67.2. The molecule has 0 saturated carbocycles. The predicted octanol–water partition coefficient (Wildman–Crippen LogP) is 6.11. The van der Waals surface area contributed by atoms with Crippen LogP contribution in [0.1, 0.15) is 79.0 Å². The second kappa shape index (κ2) is 15.3. The van der Waals surface area contributed by atoms with Crippen molar-refractivity contribution in [3.8, 4) is 28.4 Å². The molecule has 280 valence electrons. The molecule has 1 N–H and O–H groups in total. The molecular formula is C43H43N7O5. The van der Waals surface area contributed by atoms with E-state index < -0.39 is 11.9 Å². The van der Waals surface area contributed by atoms with Crippen LogP contribution in [0.15, 0.2) is 73.1 Å². The largest absolute Gasteiger partial charge is 0.478 e. The van der Waals surface area contributed by atoms with Crippen LogP contribution in [0.3, 0.4) is 0 Å². The topological polar surface area (TPSA) is 140 Å². The van der Waals surface area contributed by atoms with Crippen LogP contribution in [0.25, 0.3) is 39.4 Å². The van der Waals surface area contributed by atoms with E-state index >= 15 is 0 Å². The number of nitrogens with one attached hydrogen (secondary N) is 1. The van der Waals surface area contributed by atoms with Gasteiger partial charge in [0, 0.05) is 79.9 Å². The zero-order chi connectivity index (χ0) is 38.1. The number of imidazole rings is 1. The van der Waals surface area contributed by atoms with Gasteiger partial charge in [-0.05, 0) is 60.4 Å². The van der Waals surface area contributed by atoms with Crippen LogP contribution in [0.2, 0.25) is 0 Å². The van der Waals surface area contributed by atoms with Crippen molar-refractivity contribution in [3.05, 3.63) is 101 Å². The van der Waals surface area contributed by atoms with Gasteiger partial charge in [-0.2, -0.15) is 0 Å². The van der Waals surface area contributed by atoms with Crippen LogP contribution >= 0.6 is 0 Å². The van der Waals surface area contributed by atoms with Crippen molar-refractivity contribution in [2.24, 2.45) is 0 Å². The number of pyridine rings is 2. The van der Waals surface area contributed by atoms with E-state index in [9.17, 15) is 19.2 Å². The first-order valence-corrected chi connectivity index (χ1v) is 19.0. The molecule has 4 amide bonds. The average Bonchev–Trinajstić information content (AvgIpc) is 3.74. The quantitative estimate of drug-likeness (QED) is 0.127. The monoisotopic (exact) mass is 737 g/mol. The van der Waals surface area contributed by atoms with Crippen molar-refractivity contribution in [3.63, 3.8) is 0 Å². The summed E-state index contributed by atoms with van der Waals surface area (Å²) in [6, 6.07) is 17.2. The summed E-state index contributed by atoms with van der Waals surface area (Å²) < 4.78 is 8.22. The van der Waals surface area contributed by atoms with Gasteiger partial charge >= 0.3 is 0 Å². The molecule has 1 unspecified atom stereocenters. The molecule has 8 rings (SSSR count). The molecule has 3 aromatic heterocycles. The number of amides is 4. The summed E-state index contributed by atoms with van der Waals surface area (Å²) in [5, 5.41) is 4.42. The minimum absolute atomic E-state index is 0.0753. The smallest absolute Gasteiger partial charge is 0.255 e. The third-order valence-corrected chi connectivity index (χ3v) is 10.8. The van der Waals surface area contributed by atoms with Crippen LogP contribution in [0.5, 0.6) is 5.88 Å². The summed E-state index contributed by atoms with van der Waals surface area (Å²) in [6.45, 7) is 6.62. The molecule has 55 heavy (non-hydrogen) atoms. The van der Waals surface area contributed by atoms with E-state index in [1.807, 2.05) is 47.5 Å². The SMILES string of the molecule is CCc1nc(-c2cccc3cc(-c4ccc(OCCCC/C=C/c5cccc6c5CN(C5CCC(=O)NC5=O)C6=O)nc4)ncc23)c2n1CCN(C(C)=O)C2. The van der Waals surface area contributed by atoms with Crippen molar-refractivity contribution < 1.29 is 23.9 Å². The first kappa shape index (κ1) is 35.8. The Hall–Kier alpha value is -6.17. The van der Waals surface area contributed by atoms with Crippen LogP contribution in [0, 0.1) is 0 Å². The van der Waals surface area contributed by atoms with Gasteiger partial charge in [-0.1, -0.05) is 49.4 Å².